The van der Waals surface area contributed by atoms with Gasteiger partial charge in [0.15, 0.2) is 0 Å². The first-order valence-corrected chi connectivity index (χ1v) is 5.79. The fourth-order valence-electron chi connectivity index (χ4n) is 1.95. The predicted molar refractivity (Wildman–Crippen MR) is 63.6 cm³/mol. The van der Waals surface area contributed by atoms with Gasteiger partial charge in [-0.2, -0.15) is 15.0 Å². The van der Waals surface area contributed by atoms with Gasteiger partial charge in [-0.15, -0.1) is 0 Å². The minimum atomic E-state index is 0.130. The van der Waals surface area contributed by atoms with Gasteiger partial charge in [0, 0.05) is 13.7 Å². The van der Waals surface area contributed by atoms with E-state index in [0.717, 1.165) is 13.0 Å². The van der Waals surface area contributed by atoms with E-state index >= 15 is 0 Å². The molecule has 2 heterocycles. The fraction of sp³-hybridized carbons (Fsp3) is 0.700. The lowest BCUT2D eigenvalue weighted by atomic mass is 10.1. The van der Waals surface area contributed by atoms with Crippen LogP contribution in [-0.4, -0.2) is 47.9 Å². The monoisotopic (exact) mass is 258 g/mol. The number of hydrogen-bond donors (Lipinski definition) is 0. The van der Waals surface area contributed by atoms with Crippen molar-refractivity contribution in [3.05, 3.63) is 5.28 Å². The van der Waals surface area contributed by atoms with Crippen molar-refractivity contribution in [2.45, 2.75) is 25.5 Å². The Morgan fingerprint density at radius 1 is 1.41 bits per heavy atom. The Bertz CT molecular complexity index is 404. The topological polar surface area (TPSA) is 60.4 Å². The summed E-state index contributed by atoms with van der Waals surface area (Å²) in [5.41, 5.74) is 0. The van der Waals surface area contributed by atoms with Gasteiger partial charge in [0.25, 0.3) is 0 Å². The average molecular weight is 259 g/mol. The molecule has 1 saturated heterocycles. The highest BCUT2D eigenvalue weighted by molar-refractivity contribution is 6.28. The summed E-state index contributed by atoms with van der Waals surface area (Å²) in [7, 11) is 3.41. The summed E-state index contributed by atoms with van der Waals surface area (Å²) >= 11 is 5.82. The van der Waals surface area contributed by atoms with E-state index in [1.165, 1.54) is 7.11 Å². The molecule has 1 aromatic rings. The van der Waals surface area contributed by atoms with E-state index in [9.17, 15) is 0 Å². The number of rotatable bonds is 3. The van der Waals surface area contributed by atoms with Crippen LogP contribution in [0.3, 0.4) is 0 Å². The highest BCUT2D eigenvalue weighted by atomic mass is 35.5. The standard InChI is InChI=1S/C10H15ClN4O2/c1-6-7(4-5-17-6)15(2)9-12-8(11)13-10(14-9)16-3/h6-7H,4-5H2,1-3H3. The van der Waals surface area contributed by atoms with E-state index in [1.807, 2.05) is 18.9 Å². The molecule has 0 amide bonds. The fourth-order valence-corrected chi connectivity index (χ4v) is 2.10. The van der Waals surface area contributed by atoms with Crippen LogP contribution in [-0.2, 0) is 4.74 Å². The average Bonchev–Trinajstić information content (AvgIpc) is 2.73. The van der Waals surface area contributed by atoms with Crippen LogP contribution >= 0.6 is 11.6 Å². The molecule has 0 aliphatic carbocycles. The molecule has 0 bridgehead atoms. The van der Waals surface area contributed by atoms with Gasteiger partial charge in [0.05, 0.1) is 19.3 Å². The molecular formula is C10H15ClN4O2. The number of ether oxygens (including phenoxy) is 2. The summed E-state index contributed by atoms with van der Waals surface area (Å²) in [5.74, 6) is 0.504. The van der Waals surface area contributed by atoms with Crippen molar-refractivity contribution in [2.24, 2.45) is 0 Å². The first kappa shape index (κ1) is 12.3. The number of methoxy groups -OCH3 is 1. The minimum absolute atomic E-state index is 0.130. The zero-order chi connectivity index (χ0) is 12.4. The maximum atomic E-state index is 5.82. The SMILES string of the molecule is COc1nc(Cl)nc(N(C)C2CCOC2C)n1. The molecule has 0 radical (unpaired) electrons. The minimum Gasteiger partial charge on any atom is -0.467 e. The van der Waals surface area contributed by atoms with Crippen LogP contribution < -0.4 is 9.64 Å². The van der Waals surface area contributed by atoms with E-state index in [2.05, 4.69) is 15.0 Å². The zero-order valence-corrected chi connectivity index (χ0v) is 10.8. The van der Waals surface area contributed by atoms with Crippen LogP contribution in [0, 0.1) is 0 Å². The Morgan fingerprint density at radius 3 is 2.76 bits per heavy atom. The van der Waals surface area contributed by atoms with Crippen molar-refractivity contribution in [2.75, 3.05) is 25.7 Å². The van der Waals surface area contributed by atoms with E-state index in [0.29, 0.717) is 5.95 Å². The molecule has 2 atom stereocenters. The Balaban J connectivity index is 2.23. The molecule has 17 heavy (non-hydrogen) atoms. The van der Waals surface area contributed by atoms with Crippen molar-refractivity contribution in [1.82, 2.24) is 15.0 Å². The number of anilines is 1. The van der Waals surface area contributed by atoms with Gasteiger partial charge in [-0.1, -0.05) is 0 Å². The molecule has 94 valence electrons. The molecule has 6 nitrogen and oxygen atoms in total. The van der Waals surface area contributed by atoms with Crippen molar-refractivity contribution >= 4 is 17.5 Å². The van der Waals surface area contributed by atoms with Crippen LogP contribution in [0.25, 0.3) is 0 Å². The van der Waals surface area contributed by atoms with Gasteiger partial charge in [0.1, 0.15) is 0 Å². The second kappa shape index (κ2) is 5.01. The lowest BCUT2D eigenvalue weighted by Gasteiger charge is -2.26. The van der Waals surface area contributed by atoms with Gasteiger partial charge in [0.2, 0.25) is 11.2 Å². The highest BCUT2D eigenvalue weighted by Crippen LogP contribution is 2.23. The predicted octanol–water partition coefficient (Wildman–Crippen LogP) is 1.15. The van der Waals surface area contributed by atoms with Gasteiger partial charge in [-0.25, -0.2) is 0 Å². The number of hydrogen-bond acceptors (Lipinski definition) is 6. The quantitative estimate of drug-likeness (QED) is 0.811. The van der Waals surface area contributed by atoms with Crippen molar-refractivity contribution in [3.8, 4) is 6.01 Å². The summed E-state index contributed by atoms with van der Waals surface area (Å²) in [6, 6.07) is 0.469. The highest BCUT2D eigenvalue weighted by Gasteiger charge is 2.29. The summed E-state index contributed by atoms with van der Waals surface area (Å²) in [4.78, 5) is 14.1. The Labute approximate surface area is 105 Å². The third-order valence-corrected chi connectivity index (χ3v) is 3.08. The van der Waals surface area contributed by atoms with Crippen LogP contribution in [0.4, 0.5) is 5.95 Å². The Kier molecular flexibility index (Phi) is 3.63. The third kappa shape index (κ3) is 2.58. The second-order valence-corrected chi connectivity index (χ2v) is 4.27. The molecule has 0 N–H and O–H groups in total. The maximum Gasteiger partial charge on any atom is 0.322 e. The number of likely N-dealkylation sites (N-methyl/N-ethyl adjacent to an activating group) is 1. The van der Waals surface area contributed by atoms with Gasteiger partial charge in [-0.05, 0) is 24.9 Å². The largest absolute Gasteiger partial charge is 0.467 e. The van der Waals surface area contributed by atoms with E-state index in [-0.39, 0.29) is 23.4 Å². The molecule has 7 heteroatoms. The normalized spacial score (nSPS) is 23.8. The van der Waals surface area contributed by atoms with Gasteiger partial charge in [-0.3, -0.25) is 0 Å². The maximum absolute atomic E-state index is 5.82. The van der Waals surface area contributed by atoms with Crippen LogP contribution in [0.15, 0.2) is 0 Å². The first-order valence-electron chi connectivity index (χ1n) is 5.42. The summed E-state index contributed by atoms with van der Waals surface area (Å²) in [5, 5.41) is 0.130. The summed E-state index contributed by atoms with van der Waals surface area (Å²) < 4.78 is 10.5. The Morgan fingerprint density at radius 2 is 2.18 bits per heavy atom. The van der Waals surface area contributed by atoms with Gasteiger partial charge < -0.3 is 14.4 Å². The van der Waals surface area contributed by atoms with Gasteiger partial charge >= 0.3 is 6.01 Å². The molecule has 1 aliphatic heterocycles. The first-order chi connectivity index (χ1) is 8.11. The third-order valence-electron chi connectivity index (χ3n) is 2.91. The molecule has 2 unspecified atom stereocenters. The van der Waals surface area contributed by atoms with Crippen molar-refractivity contribution in [3.63, 3.8) is 0 Å². The van der Waals surface area contributed by atoms with Crippen molar-refractivity contribution < 1.29 is 9.47 Å². The Hall–Kier alpha value is -1.14. The molecule has 0 saturated carbocycles. The second-order valence-electron chi connectivity index (χ2n) is 3.93. The molecule has 2 rings (SSSR count). The lowest BCUT2D eigenvalue weighted by molar-refractivity contribution is 0.118. The molecule has 1 fully saturated rings. The number of nitrogens with zero attached hydrogens (tertiary/aromatic N) is 4. The smallest absolute Gasteiger partial charge is 0.322 e. The van der Waals surface area contributed by atoms with Crippen LogP contribution in [0.2, 0.25) is 5.28 Å². The van der Waals surface area contributed by atoms with E-state index in [1.54, 1.807) is 0 Å². The van der Waals surface area contributed by atoms with Crippen molar-refractivity contribution in [1.29, 1.82) is 0 Å². The molecule has 0 aromatic carbocycles. The van der Waals surface area contributed by atoms with Crippen LogP contribution in [0.1, 0.15) is 13.3 Å². The lowest BCUT2D eigenvalue weighted by Crippen LogP contribution is -2.37. The van der Waals surface area contributed by atoms with Crippen LogP contribution in [0.5, 0.6) is 6.01 Å². The summed E-state index contributed by atoms with van der Waals surface area (Å²) in [6.45, 7) is 2.79. The number of aromatic nitrogens is 3. The summed E-state index contributed by atoms with van der Waals surface area (Å²) in [6.07, 6.45) is 1.10. The molecular weight excluding hydrogens is 244 g/mol. The molecule has 0 spiro atoms. The zero-order valence-electron chi connectivity index (χ0n) is 10.1. The molecule has 1 aliphatic rings. The van der Waals surface area contributed by atoms with E-state index in [4.69, 9.17) is 21.1 Å². The van der Waals surface area contributed by atoms with E-state index < -0.39 is 0 Å². The molecule has 1 aromatic heterocycles. The number of halogens is 1.